The molecule has 196 valence electrons. The monoisotopic (exact) mass is 516 g/mol. The van der Waals surface area contributed by atoms with Crippen molar-refractivity contribution in [3.63, 3.8) is 0 Å². The van der Waals surface area contributed by atoms with Crippen LogP contribution in [-0.2, 0) is 25.2 Å². The predicted molar refractivity (Wildman–Crippen MR) is 138 cm³/mol. The average molecular weight is 517 g/mol. The lowest BCUT2D eigenvalue weighted by molar-refractivity contribution is 0.0339. The van der Waals surface area contributed by atoms with Crippen molar-refractivity contribution in [3.05, 3.63) is 64.7 Å². The maximum absolute atomic E-state index is 13.2. The molecule has 2 saturated heterocycles. The van der Waals surface area contributed by atoms with Crippen LogP contribution >= 0.6 is 0 Å². The van der Waals surface area contributed by atoms with Gasteiger partial charge in [-0.15, -0.1) is 0 Å². The Morgan fingerprint density at radius 2 is 1.92 bits per heavy atom. The number of ether oxygens (including phenoxy) is 3. The number of aryl methyl sites for hydroxylation is 2. The van der Waals surface area contributed by atoms with E-state index in [1.165, 1.54) is 4.31 Å². The Labute approximate surface area is 214 Å². The molecule has 4 rings (SSSR count). The zero-order valence-electron chi connectivity index (χ0n) is 21.5. The summed E-state index contributed by atoms with van der Waals surface area (Å²) in [6, 6.07) is 13.0. The molecular weight excluding hydrogens is 480 g/mol. The highest BCUT2D eigenvalue weighted by Crippen LogP contribution is 2.25. The number of nitrogens with zero attached hydrogens (tertiary/aromatic N) is 2. The average Bonchev–Trinajstić information content (AvgIpc) is 3.50. The van der Waals surface area contributed by atoms with Crippen molar-refractivity contribution in [1.82, 2.24) is 9.21 Å². The molecule has 2 aromatic carbocycles. The van der Waals surface area contributed by atoms with E-state index in [-0.39, 0.29) is 29.8 Å². The van der Waals surface area contributed by atoms with E-state index < -0.39 is 10.0 Å². The smallest absolute Gasteiger partial charge is 0.254 e. The van der Waals surface area contributed by atoms with Gasteiger partial charge in [0, 0.05) is 32.9 Å². The van der Waals surface area contributed by atoms with Gasteiger partial charge in [-0.05, 0) is 55.5 Å². The summed E-state index contributed by atoms with van der Waals surface area (Å²) in [5.74, 6) is 0.647. The summed E-state index contributed by atoms with van der Waals surface area (Å²) >= 11 is 0. The molecular formula is C27H36N2O6S. The van der Waals surface area contributed by atoms with E-state index >= 15 is 0 Å². The maximum Gasteiger partial charge on any atom is 0.254 e. The minimum atomic E-state index is -3.47. The van der Waals surface area contributed by atoms with Gasteiger partial charge in [0.1, 0.15) is 18.0 Å². The second-order valence-corrected chi connectivity index (χ2v) is 11.9. The van der Waals surface area contributed by atoms with Crippen molar-refractivity contribution < 1.29 is 27.4 Å². The number of likely N-dealkylation sites (tertiary alicyclic amines) is 1. The largest absolute Gasteiger partial charge is 0.486 e. The summed E-state index contributed by atoms with van der Waals surface area (Å²) in [6.07, 6.45) is 0.237. The quantitative estimate of drug-likeness (QED) is 0.509. The zero-order chi connectivity index (χ0) is 25.9. The Kier molecular flexibility index (Phi) is 8.34. The second kappa shape index (κ2) is 11.3. The van der Waals surface area contributed by atoms with E-state index in [2.05, 4.69) is 0 Å². The number of carbonyl (C=O) groups is 1. The summed E-state index contributed by atoms with van der Waals surface area (Å²) in [4.78, 5) is 15.0. The number of benzene rings is 2. The van der Waals surface area contributed by atoms with Crippen molar-refractivity contribution >= 4 is 15.9 Å². The molecule has 0 spiro atoms. The number of amides is 1. The summed E-state index contributed by atoms with van der Waals surface area (Å²) in [5, 5.41) is 0. The number of rotatable bonds is 9. The molecule has 2 heterocycles. The first kappa shape index (κ1) is 26.6. The van der Waals surface area contributed by atoms with Crippen molar-refractivity contribution in [1.29, 1.82) is 0 Å². The van der Waals surface area contributed by atoms with Gasteiger partial charge in [0.2, 0.25) is 10.0 Å². The van der Waals surface area contributed by atoms with E-state index in [0.717, 1.165) is 17.5 Å². The standard InChI is InChI=1S/C27H36N2O6S/c1-19-8-9-20(2)24(12-19)27(30)29-15-25(33-4)26(16-29)35-23-7-5-6-21(13-23)18-36(31,32)28(3)14-22-10-11-34-17-22/h5-9,12-13,22,25-26H,10-11,14-18H2,1-4H3. The number of sulfonamides is 1. The first-order valence-electron chi connectivity index (χ1n) is 12.3. The maximum atomic E-state index is 13.2. The number of carbonyl (C=O) groups excluding carboxylic acids is 1. The molecule has 2 aliphatic heterocycles. The first-order valence-corrected chi connectivity index (χ1v) is 13.9. The molecule has 0 N–H and O–H groups in total. The van der Waals surface area contributed by atoms with Crippen molar-refractivity contribution in [2.24, 2.45) is 5.92 Å². The Bertz CT molecular complexity index is 1180. The van der Waals surface area contributed by atoms with Gasteiger partial charge in [-0.25, -0.2) is 12.7 Å². The predicted octanol–water partition coefficient (Wildman–Crippen LogP) is 3.02. The lowest BCUT2D eigenvalue weighted by Crippen LogP contribution is -2.33. The first-order chi connectivity index (χ1) is 17.2. The molecule has 2 aromatic rings. The van der Waals surface area contributed by atoms with Gasteiger partial charge in [0.15, 0.2) is 0 Å². The van der Waals surface area contributed by atoms with Crippen LogP contribution in [0.2, 0.25) is 0 Å². The second-order valence-electron chi connectivity index (χ2n) is 9.87. The summed E-state index contributed by atoms with van der Waals surface area (Å²) in [7, 11) is -0.239. The molecule has 2 fully saturated rings. The molecule has 8 nitrogen and oxygen atoms in total. The van der Waals surface area contributed by atoms with Gasteiger partial charge in [-0.1, -0.05) is 29.8 Å². The van der Waals surface area contributed by atoms with Crippen LogP contribution in [0.1, 0.15) is 33.5 Å². The third kappa shape index (κ3) is 6.26. The van der Waals surface area contributed by atoms with E-state index in [0.29, 0.717) is 49.7 Å². The number of methoxy groups -OCH3 is 1. The Morgan fingerprint density at radius 3 is 2.64 bits per heavy atom. The molecule has 0 radical (unpaired) electrons. The topological polar surface area (TPSA) is 85.4 Å². The fourth-order valence-corrected chi connectivity index (χ4v) is 6.05. The highest BCUT2D eigenvalue weighted by atomic mass is 32.2. The van der Waals surface area contributed by atoms with Crippen LogP contribution in [0.3, 0.4) is 0 Å². The molecule has 0 aliphatic carbocycles. The Balaban J connectivity index is 1.41. The minimum Gasteiger partial charge on any atom is -0.486 e. The van der Waals surface area contributed by atoms with Gasteiger partial charge in [-0.2, -0.15) is 0 Å². The molecule has 3 unspecified atom stereocenters. The molecule has 0 saturated carbocycles. The van der Waals surface area contributed by atoms with E-state index in [1.54, 1.807) is 43.3 Å². The SMILES string of the molecule is COC1CN(C(=O)c2cc(C)ccc2C)CC1Oc1cccc(CS(=O)(=O)N(C)CC2CCOC2)c1. The third-order valence-corrected chi connectivity index (χ3v) is 8.77. The van der Waals surface area contributed by atoms with Crippen molar-refractivity contribution in [2.45, 2.75) is 38.2 Å². The van der Waals surface area contributed by atoms with Gasteiger partial charge in [0.05, 0.1) is 25.4 Å². The van der Waals surface area contributed by atoms with Crippen LogP contribution in [0.4, 0.5) is 0 Å². The molecule has 0 aromatic heterocycles. The van der Waals surface area contributed by atoms with Crippen molar-refractivity contribution in [3.8, 4) is 5.75 Å². The minimum absolute atomic E-state index is 0.0418. The molecule has 36 heavy (non-hydrogen) atoms. The molecule has 2 aliphatic rings. The molecule has 1 amide bonds. The summed E-state index contributed by atoms with van der Waals surface area (Å²) in [6.45, 7) is 6.47. The fraction of sp³-hybridized carbons (Fsp3) is 0.519. The lowest BCUT2D eigenvalue weighted by Gasteiger charge is -2.21. The highest BCUT2D eigenvalue weighted by molar-refractivity contribution is 7.88. The van der Waals surface area contributed by atoms with Crippen molar-refractivity contribution in [2.75, 3.05) is 47.0 Å². The molecule has 0 bridgehead atoms. The van der Waals surface area contributed by atoms with Gasteiger partial charge >= 0.3 is 0 Å². The summed E-state index contributed by atoms with van der Waals surface area (Å²) in [5.41, 5.74) is 3.31. The molecule has 9 heteroatoms. The lowest BCUT2D eigenvalue weighted by atomic mass is 10.0. The van der Waals surface area contributed by atoms with Gasteiger partial charge in [-0.3, -0.25) is 4.79 Å². The molecule has 3 atom stereocenters. The van der Waals surface area contributed by atoms with Crippen LogP contribution in [0.25, 0.3) is 0 Å². The van der Waals surface area contributed by atoms with Gasteiger partial charge < -0.3 is 19.1 Å². The zero-order valence-corrected chi connectivity index (χ0v) is 22.3. The van der Waals surface area contributed by atoms with Crippen LogP contribution in [-0.4, -0.2) is 82.7 Å². The van der Waals surface area contributed by atoms with E-state index in [4.69, 9.17) is 14.2 Å². The van der Waals surface area contributed by atoms with E-state index in [1.807, 2.05) is 32.0 Å². The van der Waals surface area contributed by atoms with E-state index in [9.17, 15) is 13.2 Å². The third-order valence-electron chi connectivity index (χ3n) is 6.98. The van der Waals surface area contributed by atoms with Crippen LogP contribution in [0.15, 0.2) is 42.5 Å². The van der Waals surface area contributed by atoms with Gasteiger partial charge in [0.25, 0.3) is 5.91 Å². The normalized spacial score (nSPS) is 22.4. The van der Waals surface area contributed by atoms with Crippen LogP contribution in [0, 0.1) is 19.8 Å². The van der Waals surface area contributed by atoms with Crippen LogP contribution in [0.5, 0.6) is 5.75 Å². The number of hydrogen-bond donors (Lipinski definition) is 0. The Hall–Kier alpha value is -2.46. The fourth-order valence-electron chi connectivity index (χ4n) is 4.79. The summed E-state index contributed by atoms with van der Waals surface area (Å²) < 4.78 is 44.5. The van der Waals surface area contributed by atoms with Crippen LogP contribution < -0.4 is 4.74 Å². The Morgan fingerprint density at radius 1 is 1.14 bits per heavy atom. The number of hydrogen-bond acceptors (Lipinski definition) is 6. The highest BCUT2D eigenvalue weighted by Gasteiger charge is 2.38.